The first-order valence-electron chi connectivity index (χ1n) is 6.98. The third kappa shape index (κ3) is 4.17. The van der Waals surface area contributed by atoms with Crippen LogP contribution < -0.4 is 5.43 Å². The molecule has 8 heteroatoms. The number of hydrazone groups is 1. The molecule has 0 radical (unpaired) electrons. The second-order valence-corrected chi connectivity index (χ2v) is 6.36. The maximum Gasteiger partial charge on any atom is 0.356 e. The molecule has 2 rings (SSSR count). The van der Waals surface area contributed by atoms with Crippen molar-refractivity contribution in [1.29, 1.82) is 0 Å². The Balaban J connectivity index is 2.24. The standard InChI is InChI=1S/C16H14Cl3N3O2/c1-8(2)10-5-3-9(4-6-10)7-20-22-13-11(17)14(16(23)24)21-15(19)12(13)18/h3-8H,1-2H3,(H,21,22)(H,23,24)/b20-7-. The fourth-order valence-electron chi connectivity index (χ4n) is 1.89. The highest BCUT2D eigenvalue weighted by atomic mass is 35.5. The number of carboxylic acid groups (broad SMARTS) is 1. The first-order valence-corrected chi connectivity index (χ1v) is 8.11. The minimum atomic E-state index is -1.31. The van der Waals surface area contributed by atoms with Gasteiger partial charge in [0.05, 0.1) is 11.9 Å². The number of pyridine rings is 1. The second kappa shape index (κ2) is 7.83. The van der Waals surface area contributed by atoms with Gasteiger partial charge in [-0.3, -0.25) is 5.43 Å². The van der Waals surface area contributed by atoms with Crippen LogP contribution in [0.5, 0.6) is 0 Å². The van der Waals surface area contributed by atoms with Gasteiger partial charge in [-0.2, -0.15) is 5.10 Å². The van der Waals surface area contributed by atoms with Crippen LogP contribution in [0.1, 0.15) is 41.4 Å². The number of hydrogen-bond donors (Lipinski definition) is 2. The molecule has 0 saturated heterocycles. The second-order valence-electron chi connectivity index (χ2n) is 5.25. The van der Waals surface area contributed by atoms with Crippen molar-refractivity contribution in [1.82, 2.24) is 4.98 Å². The van der Waals surface area contributed by atoms with Crippen LogP contribution in [0.15, 0.2) is 29.4 Å². The molecule has 1 aromatic heterocycles. The number of rotatable bonds is 5. The molecule has 0 amide bonds. The Morgan fingerprint density at radius 1 is 1.21 bits per heavy atom. The summed E-state index contributed by atoms with van der Waals surface area (Å²) < 4.78 is 0. The van der Waals surface area contributed by atoms with Gasteiger partial charge in [0.1, 0.15) is 10.0 Å². The summed E-state index contributed by atoms with van der Waals surface area (Å²) in [6.45, 7) is 4.23. The first-order chi connectivity index (χ1) is 11.3. The van der Waals surface area contributed by atoms with Crippen molar-refractivity contribution in [3.8, 4) is 0 Å². The predicted octanol–water partition coefficient (Wildman–Crippen LogP) is 5.31. The van der Waals surface area contributed by atoms with Gasteiger partial charge in [0.2, 0.25) is 0 Å². The van der Waals surface area contributed by atoms with Crippen molar-refractivity contribution in [3.05, 3.63) is 56.3 Å². The zero-order valence-corrected chi connectivity index (χ0v) is 15.1. The van der Waals surface area contributed by atoms with Crippen molar-refractivity contribution in [2.24, 2.45) is 5.10 Å². The van der Waals surface area contributed by atoms with E-state index in [0.717, 1.165) is 5.56 Å². The minimum Gasteiger partial charge on any atom is -0.476 e. The van der Waals surface area contributed by atoms with Crippen molar-refractivity contribution < 1.29 is 9.90 Å². The van der Waals surface area contributed by atoms with Crippen molar-refractivity contribution >= 4 is 52.7 Å². The zero-order valence-electron chi connectivity index (χ0n) is 12.8. The van der Waals surface area contributed by atoms with Gasteiger partial charge in [-0.1, -0.05) is 72.9 Å². The molecule has 126 valence electrons. The highest BCUT2D eigenvalue weighted by Crippen LogP contribution is 2.36. The number of hydrogen-bond acceptors (Lipinski definition) is 4. The van der Waals surface area contributed by atoms with Gasteiger partial charge in [0.25, 0.3) is 0 Å². The minimum absolute atomic E-state index is 0.000952. The molecule has 2 aromatic rings. The summed E-state index contributed by atoms with van der Waals surface area (Å²) in [5.74, 6) is -0.866. The summed E-state index contributed by atoms with van der Waals surface area (Å²) in [7, 11) is 0. The zero-order chi connectivity index (χ0) is 17.9. The maximum atomic E-state index is 11.1. The average molecular weight is 387 g/mol. The number of aromatic nitrogens is 1. The Labute approximate surface area is 154 Å². The molecule has 2 N–H and O–H groups in total. The van der Waals surface area contributed by atoms with Gasteiger partial charge in [-0.15, -0.1) is 0 Å². The van der Waals surface area contributed by atoms with E-state index in [4.69, 9.17) is 39.9 Å². The smallest absolute Gasteiger partial charge is 0.356 e. The molecule has 0 unspecified atom stereocenters. The molecule has 24 heavy (non-hydrogen) atoms. The van der Waals surface area contributed by atoms with E-state index in [-0.39, 0.29) is 20.9 Å². The molecule has 0 fully saturated rings. The maximum absolute atomic E-state index is 11.1. The molecule has 0 aliphatic rings. The molecule has 0 bridgehead atoms. The van der Waals surface area contributed by atoms with Gasteiger partial charge in [-0.05, 0) is 17.0 Å². The lowest BCUT2D eigenvalue weighted by Crippen LogP contribution is -2.05. The van der Waals surface area contributed by atoms with E-state index < -0.39 is 11.7 Å². The summed E-state index contributed by atoms with van der Waals surface area (Å²) >= 11 is 17.8. The third-order valence-corrected chi connectivity index (χ3v) is 4.34. The largest absolute Gasteiger partial charge is 0.476 e. The summed E-state index contributed by atoms with van der Waals surface area (Å²) in [5, 5.41) is 12.8. The third-order valence-electron chi connectivity index (χ3n) is 3.23. The van der Waals surface area contributed by atoms with Crippen molar-refractivity contribution in [2.75, 3.05) is 5.43 Å². The van der Waals surface area contributed by atoms with E-state index in [9.17, 15) is 4.79 Å². The molecule has 1 heterocycles. The van der Waals surface area contributed by atoms with E-state index in [1.54, 1.807) is 6.21 Å². The Morgan fingerprint density at radius 2 is 1.83 bits per heavy atom. The highest BCUT2D eigenvalue weighted by Gasteiger charge is 2.20. The Bertz CT molecular complexity index is 790. The number of anilines is 1. The highest BCUT2D eigenvalue weighted by molar-refractivity contribution is 6.46. The summed E-state index contributed by atoms with van der Waals surface area (Å²) in [6.07, 6.45) is 1.56. The lowest BCUT2D eigenvalue weighted by atomic mass is 10.0. The van der Waals surface area contributed by atoms with Gasteiger partial charge < -0.3 is 5.11 Å². The quantitative estimate of drug-likeness (QED) is 0.415. The summed E-state index contributed by atoms with van der Waals surface area (Å²) in [6, 6.07) is 7.87. The normalized spacial score (nSPS) is 11.2. The molecular formula is C16H14Cl3N3O2. The topological polar surface area (TPSA) is 74.6 Å². The number of carboxylic acids is 1. The molecule has 0 spiro atoms. The monoisotopic (exact) mass is 385 g/mol. The van der Waals surface area contributed by atoms with Crippen LogP contribution in [0, 0.1) is 0 Å². The number of nitrogens with zero attached hydrogens (tertiary/aromatic N) is 2. The lowest BCUT2D eigenvalue weighted by molar-refractivity contribution is 0.0691. The van der Waals surface area contributed by atoms with Crippen LogP contribution in [-0.4, -0.2) is 22.3 Å². The number of aromatic carboxylic acids is 1. The molecular weight excluding hydrogens is 373 g/mol. The SMILES string of the molecule is CC(C)c1ccc(/C=N\Nc2c(Cl)c(Cl)nc(C(=O)O)c2Cl)cc1. The van der Waals surface area contributed by atoms with E-state index in [0.29, 0.717) is 5.92 Å². The van der Waals surface area contributed by atoms with E-state index in [2.05, 4.69) is 29.4 Å². The summed E-state index contributed by atoms with van der Waals surface area (Å²) in [4.78, 5) is 14.7. The van der Waals surface area contributed by atoms with Crippen LogP contribution in [-0.2, 0) is 0 Å². The fraction of sp³-hybridized carbons (Fsp3) is 0.188. The fourth-order valence-corrected chi connectivity index (χ4v) is 2.56. The van der Waals surface area contributed by atoms with Gasteiger partial charge in [0.15, 0.2) is 10.8 Å². The van der Waals surface area contributed by atoms with Crippen LogP contribution in [0.3, 0.4) is 0 Å². The van der Waals surface area contributed by atoms with Crippen LogP contribution in [0.2, 0.25) is 15.2 Å². The average Bonchev–Trinajstić information content (AvgIpc) is 2.54. The molecule has 0 saturated carbocycles. The van der Waals surface area contributed by atoms with Crippen molar-refractivity contribution in [2.45, 2.75) is 19.8 Å². The van der Waals surface area contributed by atoms with Crippen LogP contribution >= 0.6 is 34.8 Å². The van der Waals surface area contributed by atoms with Crippen molar-refractivity contribution in [3.63, 3.8) is 0 Å². The van der Waals surface area contributed by atoms with Gasteiger partial charge >= 0.3 is 5.97 Å². The molecule has 0 aliphatic carbocycles. The van der Waals surface area contributed by atoms with Gasteiger partial charge in [-0.25, -0.2) is 9.78 Å². The lowest BCUT2D eigenvalue weighted by Gasteiger charge is -2.09. The van der Waals surface area contributed by atoms with E-state index in [1.807, 2.05) is 24.3 Å². The Morgan fingerprint density at radius 3 is 2.38 bits per heavy atom. The number of carbonyl (C=O) groups is 1. The Kier molecular flexibility index (Phi) is 6.04. The first kappa shape index (κ1) is 18.5. The number of halogens is 3. The predicted molar refractivity (Wildman–Crippen MR) is 98.0 cm³/mol. The van der Waals surface area contributed by atoms with E-state index in [1.165, 1.54) is 5.56 Å². The van der Waals surface area contributed by atoms with Crippen LogP contribution in [0.4, 0.5) is 5.69 Å². The number of benzene rings is 1. The van der Waals surface area contributed by atoms with Gasteiger partial charge in [0, 0.05) is 0 Å². The molecule has 0 atom stereocenters. The molecule has 1 aromatic carbocycles. The Hall–Kier alpha value is -1.82. The molecule has 5 nitrogen and oxygen atoms in total. The van der Waals surface area contributed by atoms with E-state index >= 15 is 0 Å². The summed E-state index contributed by atoms with van der Waals surface area (Å²) in [5.41, 5.74) is 4.39. The molecule has 0 aliphatic heterocycles. The number of nitrogens with one attached hydrogen (secondary N) is 1. The van der Waals surface area contributed by atoms with Crippen LogP contribution in [0.25, 0.3) is 0 Å².